The van der Waals surface area contributed by atoms with Gasteiger partial charge in [0.15, 0.2) is 0 Å². The first kappa shape index (κ1) is 18.9. The first-order valence-corrected chi connectivity index (χ1v) is 9.99. The van der Waals surface area contributed by atoms with Crippen LogP contribution in [-0.2, 0) is 10.0 Å². The van der Waals surface area contributed by atoms with Gasteiger partial charge in [-0.1, -0.05) is 0 Å². The van der Waals surface area contributed by atoms with Crippen LogP contribution in [0.5, 0.6) is 0 Å². The smallest absolute Gasteiger partial charge is 0.251 e. The summed E-state index contributed by atoms with van der Waals surface area (Å²) in [6, 6.07) is 6.06. The number of nitrogens with one attached hydrogen (secondary N) is 2. The molecule has 1 aromatic rings. The number of nitrogens with zero attached hydrogens (tertiary/aromatic N) is 1. The highest BCUT2D eigenvalue weighted by atomic mass is 32.2. The molecule has 1 amide bonds. The van der Waals surface area contributed by atoms with Crippen molar-refractivity contribution in [1.82, 2.24) is 9.62 Å². The fraction of sp³-hybridized carbons (Fsp3) is 0.588. The van der Waals surface area contributed by atoms with Gasteiger partial charge in [0, 0.05) is 32.6 Å². The molecule has 24 heavy (non-hydrogen) atoms. The zero-order chi connectivity index (χ0) is 17.6. The fourth-order valence-corrected chi connectivity index (χ4v) is 3.83. The predicted molar refractivity (Wildman–Crippen MR) is 93.7 cm³/mol. The van der Waals surface area contributed by atoms with E-state index in [1.165, 1.54) is 58.6 Å². The number of piperidine rings is 1. The maximum absolute atomic E-state index is 12.1. The van der Waals surface area contributed by atoms with E-state index >= 15 is 0 Å². The summed E-state index contributed by atoms with van der Waals surface area (Å²) < 4.78 is 25.2. The molecule has 0 unspecified atom stereocenters. The van der Waals surface area contributed by atoms with Gasteiger partial charge in [-0.05, 0) is 43.5 Å². The quantitative estimate of drug-likeness (QED) is 0.684. The van der Waals surface area contributed by atoms with E-state index < -0.39 is 10.0 Å². The number of amides is 1. The molecule has 0 saturated carbocycles. The minimum absolute atomic E-state index is 0.155. The van der Waals surface area contributed by atoms with Crippen LogP contribution in [0.15, 0.2) is 29.2 Å². The van der Waals surface area contributed by atoms with Crippen LogP contribution in [0, 0.1) is 0 Å². The molecule has 1 aromatic carbocycles. The first-order chi connectivity index (χ1) is 11.4. The molecule has 1 saturated heterocycles. The summed E-state index contributed by atoms with van der Waals surface area (Å²) in [5, 5.41) is 2.91. The Labute approximate surface area is 144 Å². The van der Waals surface area contributed by atoms with Gasteiger partial charge < -0.3 is 10.2 Å². The Bertz CT molecular complexity index is 636. The number of carbonyl (C=O) groups is 1. The Hall–Kier alpha value is -1.44. The second kappa shape index (κ2) is 8.60. The summed E-state index contributed by atoms with van der Waals surface area (Å²) in [4.78, 5) is 13.9. The van der Waals surface area contributed by atoms with Crippen LogP contribution >= 0.6 is 0 Å². The highest BCUT2D eigenvalue weighted by Gasteiger charge is 2.17. The molecule has 0 bridgehead atoms. The average molecular weight is 354 g/mol. The minimum atomic E-state index is -3.45. The van der Waals surface area contributed by atoms with Crippen LogP contribution < -0.4 is 10.2 Å². The lowest BCUT2D eigenvalue weighted by Gasteiger charge is -2.23. The van der Waals surface area contributed by atoms with E-state index in [4.69, 9.17) is 0 Å². The molecule has 1 heterocycles. The Morgan fingerprint density at radius 3 is 2.33 bits per heavy atom. The number of rotatable bonds is 7. The molecule has 0 spiro atoms. The molecule has 1 fully saturated rings. The lowest BCUT2D eigenvalue weighted by atomic mass is 10.1. The van der Waals surface area contributed by atoms with Gasteiger partial charge >= 0.3 is 0 Å². The van der Waals surface area contributed by atoms with Crippen LogP contribution in [0.2, 0.25) is 0 Å². The van der Waals surface area contributed by atoms with Gasteiger partial charge in [-0.2, -0.15) is 0 Å². The third-order valence-electron chi connectivity index (χ3n) is 4.45. The molecule has 0 radical (unpaired) electrons. The van der Waals surface area contributed by atoms with Gasteiger partial charge in [0.1, 0.15) is 0 Å². The zero-order valence-electron chi connectivity index (χ0n) is 14.5. The molecule has 6 nitrogen and oxygen atoms in total. The van der Waals surface area contributed by atoms with Crippen LogP contribution in [0.25, 0.3) is 0 Å². The van der Waals surface area contributed by atoms with Crippen molar-refractivity contribution < 1.29 is 18.1 Å². The van der Waals surface area contributed by atoms with Crippen molar-refractivity contribution >= 4 is 15.9 Å². The van der Waals surface area contributed by atoms with Gasteiger partial charge in [0.05, 0.1) is 24.5 Å². The largest absolute Gasteiger partial charge is 0.352 e. The first-order valence-electron chi connectivity index (χ1n) is 8.55. The van der Waals surface area contributed by atoms with Crippen molar-refractivity contribution in [1.29, 1.82) is 0 Å². The Morgan fingerprint density at radius 2 is 1.75 bits per heavy atom. The van der Waals surface area contributed by atoms with E-state index in [0.29, 0.717) is 12.1 Å². The number of quaternary nitrogens is 1. The van der Waals surface area contributed by atoms with E-state index in [2.05, 4.69) is 5.32 Å². The molecule has 0 aliphatic carbocycles. The van der Waals surface area contributed by atoms with Crippen LogP contribution in [0.3, 0.4) is 0 Å². The normalized spacial score (nSPS) is 16.3. The predicted octanol–water partition coefficient (Wildman–Crippen LogP) is 0.126. The molecule has 7 heteroatoms. The van der Waals surface area contributed by atoms with E-state index in [0.717, 1.165) is 17.3 Å². The van der Waals surface area contributed by atoms with Crippen LogP contribution in [0.4, 0.5) is 0 Å². The van der Waals surface area contributed by atoms with Crippen molar-refractivity contribution in [3.8, 4) is 0 Å². The molecule has 2 N–H and O–H groups in total. The molecule has 0 aromatic heterocycles. The molecule has 1 aliphatic heterocycles. The highest BCUT2D eigenvalue weighted by molar-refractivity contribution is 7.89. The summed E-state index contributed by atoms with van der Waals surface area (Å²) >= 11 is 0. The summed E-state index contributed by atoms with van der Waals surface area (Å²) in [6.07, 6.45) is 4.93. The molecular weight excluding hydrogens is 326 g/mol. The number of benzene rings is 1. The van der Waals surface area contributed by atoms with Crippen molar-refractivity contribution in [3.05, 3.63) is 29.8 Å². The minimum Gasteiger partial charge on any atom is -0.352 e. The van der Waals surface area contributed by atoms with E-state index in [9.17, 15) is 13.2 Å². The van der Waals surface area contributed by atoms with E-state index in [-0.39, 0.29) is 10.8 Å². The van der Waals surface area contributed by atoms with Gasteiger partial charge in [-0.15, -0.1) is 0 Å². The lowest BCUT2D eigenvalue weighted by molar-refractivity contribution is -0.904. The van der Waals surface area contributed by atoms with Gasteiger partial charge in [0.25, 0.3) is 5.91 Å². The molecule has 134 valence electrons. The van der Waals surface area contributed by atoms with Crippen molar-refractivity contribution in [2.75, 3.05) is 40.3 Å². The molecule has 0 atom stereocenters. The molecule has 1 aliphatic rings. The lowest BCUT2D eigenvalue weighted by Crippen LogP contribution is -3.12. The van der Waals surface area contributed by atoms with E-state index in [1.54, 1.807) is 17.0 Å². The maximum Gasteiger partial charge on any atom is 0.251 e. The van der Waals surface area contributed by atoms with Crippen molar-refractivity contribution in [3.63, 3.8) is 0 Å². The second-order valence-corrected chi connectivity index (χ2v) is 8.63. The van der Waals surface area contributed by atoms with Crippen molar-refractivity contribution in [2.45, 2.75) is 30.6 Å². The SMILES string of the molecule is CN(C)S(=O)(=O)c1ccc(C(=O)NCCC[NH+]2CCCCC2)cc1. The summed E-state index contributed by atoms with van der Waals surface area (Å²) in [7, 11) is -0.481. The number of hydrogen-bond donors (Lipinski definition) is 2. The zero-order valence-corrected chi connectivity index (χ0v) is 15.4. The highest BCUT2D eigenvalue weighted by Crippen LogP contribution is 2.13. The van der Waals surface area contributed by atoms with Gasteiger partial charge in [-0.3, -0.25) is 4.79 Å². The summed E-state index contributed by atoms with van der Waals surface area (Å²) in [5.41, 5.74) is 0.484. The second-order valence-electron chi connectivity index (χ2n) is 6.48. The van der Waals surface area contributed by atoms with Crippen LogP contribution in [-0.4, -0.2) is 58.9 Å². The third kappa shape index (κ3) is 5.03. The number of likely N-dealkylation sites (tertiary alicyclic amines) is 1. The number of sulfonamides is 1. The standard InChI is InChI=1S/C17H27N3O3S/c1-19(2)24(22,23)16-9-7-15(8-10-16)17(21)18-11-6-14-20-12-4-3-5-13-20/h7-10H,3-6,11-14H2,1-2H3,(H,18,21)/p+1. The fourth-order valence-electron chi connectivity index (χ4n) is 2.93. The van der Waals surface area contributed by atoms with Crippen LogP contribution in [0.1, 0.15) is 36.0 Å². The topological polar surface area (TPSA) is 70.9 Å². The monoisotopic (exact) mass is 354 g/mol. The Balaban J connectivity index is 1.80. The molecule has 2 rings (SSSR count). The summed E-state index contributed by atoms with van der Waals surface area (Å²) in [6.45, 7) is 4.24. The number of hydrogen-bond acceptors (Lipinski definition) is 3. The van der Waals surface area contributed by atoms with Gasteiger partial charge in [-0.25, -0.2) is 12.7 Å². The maximum atomic E-state index is 12.1. The van der Waals surface area contributed by atoms with E-state index in [1.807, 2.05) is 0 Å². The number of carbonyl (C=O) groups excluding carboxylic acids is 1. The van der Waals surface area contributed by atoms with Crippen molar-refractivity contribution in [2.24, 2.45) is 0 Å². The Morgan fingerprint density at radius 1 is 1.12 bits per heavy atom. The Kier molecular flexibility index (Phi) is 6.77. The molecular formula is C17H28N3O3S+. The third-order valence-corrected chi connectivity index (χ3v) is 6.28. The summed E-state index contributed by atoms with van der Waals surface area (Å²) in [5.74, 6) is -0.155. The van der Waals surface area contributed by atoms with Gasteiger partial charge in [0.2, 0.25) is 10.0 Å². The average Bonchev–Trinajstić information content (AvgIpc) is 2.59.